The van der Waals surface area contributed by atoms with E-state index in [4.69, 9.17) is 5.10 Å². The zero-order chi connectivity index (χ0) is 18.1. The number of benzene rings is 2. The highest BCUT2D eigenvalue weighted by Gasteiger charge is 2.17. The van der Waals surface area contributed by atoms with Gasteiger partial charge in [-0.2, -0.15) is 9.90 Å². The van der Waals surface area contributed by atoms with Crippen LogP contribution >= 0.6 is 11.3 Å². The third-order valence-corrected chi connectivity index (χ3v) is 6.34. The molecule has 1 fully saturated rings. The van der Waals surface area contributed by atoms with Gasteiger partial charge in [0.15, 0.2) is 4.83 Å². The van der Waals surface area contributed by atoms with E-state index in [1.807, 2.05) is 4.80 Å². The normalized spacial score (nSPS) is 15.8. The van der Waals surface area contributed by atoms with Crippen LogP contribution in [0.1, 0.15) is 6.42 Å². The molecule has 0 atom stereocenters. The van der Waals surface area contributed by atoms with Crippen LogP contribution in [-0.4, -0.2) is 52.6 Å². The van der Waals surface area contributed by atoms with Gasteiger partial charge < -0.3 is 4.90 Å². The average Bonchev–Trinajstić information content (AvgIpc) is 3.27. The maximum Gasteiger partial charge on any atom is 0.167 e. The standard InChI is InChI=1S/C21H23N5S/c1-2-7-17(8-3-1)25-15-13-24(14-16-25)11-6-12-26-22-20-18-9-4-5-10-19(18)27-21(20)23-26/h1-5,7-10H,6,11-16H2. The number of aromatic nitrogens is 3. The summed E-state index contributed by atoms with van der Waals surface area (Å²) in [5.41, 5.74) is 2.39. The van der Waals surface area contributed by atoms with Crippen LogP contribution in [0.4, 0.5) is 5.69 Å². The fraction of sp³-hybridized carbons (Fsp3) is 0.333. The molecule has 2 aromatic carbocycles. The van der Waals surface area contributed by atoms with Crippen molar-refractivity contribution in [1.29, 1.82) is 0 Å². The molecule has 138 valence electrons. The third-order valence-electron chi connectivity index (χ3n) is 5.30. The Bertz CT molecular complexity index is 1030. The molecule has 0 spiro atoms. The molecular formula is C21H23N5S. The van der Waals surface area contributed by atoms with Crippen molar-refractivity contribution in [2.45, 2.75) is 13.0 Å². The maximum absolute atomic E-state index is 4.72. The first kappa shape index (κ1) is 16.7. The van der Waals surface area contributed by atoms with E-state index in [2.05, 4.69) is 69.5 Å². The predicted molar refractivity (Wildman–Crippen MR) is 113 cm³/mol. The van der Waals surface area contributed by atoms with Gasteiger partial charge >= 0.3 is 0 Å². The maximum atomic E-state index is 4.72. The fourth-order valence-electron chi connectivity index (χ4n) is 3.83. The summed E-state index contributed by atoms with van der Waals surface area (Å²) >= 11 is 1.73. The number of anilines is 1. The summed E-state index contributed by atoms with van der Waals surface area (Å²) in [4.78, 5) is 7.96. The van der Waals surface area contributed by atoms with Crippen molar-refractivity contribution in [3.8, 4) is 0 Å². The van der Waals surface area contributed by atoms with Gasteiger partial charge in [-0.1, -0.05) is 36.4 Å². The zero-order valence-electron chi connectivity index (χ0n) is 15.3. The summed E-state index contributed by atoms with van der Waals surface area (Å²) < 4.78 is 1.27. The highest BCUT2D eigenvalue weighted by Crippen LogP contribution is 2.30. The van der Waals surface area contributed by atoms with Crippen LogP contribution in [0.15, 0.2) is 54.6 Å². The molecule has 0 radical (unpaired) electrons. The molecule has 5 nitrogen and oxygen atoms in total. The second kappa shape index (κ2) is 7.29. The SMILES string of the molecule is c1ccc(N2CCN(CCCn3nc4sc5ccccc5c4n3)CC2)cc1. The minimum absolute atomic E-state index is 0.884. The molecule has 3 heterocycles. The highest BCUT2D eigenvalue weighted by atomic mass is 32.1. The summed E-state index contributed by atoms with van der Waals surface area (Å²) in [6, 6.07) is 19.1. The zero-order valence-corrected chi connectivity index (χ0v) is 16.1. The van der Waals surface area contributed by atoms with Gasteiger partial charge in [0.2, 0.25) is 0 Å². The molecule has 0 bridgehead atoms. The average molecular weight is 378 g/mol. The second-order valence-corrected chi connectivity index (χ2v) is 8.10. The van der Waals surface area contributed by atoms with E-state index in [-0.39, 0.29) is 0 Å². The molecule has 1 aliphatic heterocycles. The van der Waals surface area contributed by atoms with E-state index in [1.54, 1.807) is 11.3 Å². The Balaban J connectivity index is 1.15. The summed E-state index contributed by atoms with van der Waals surface area (Å²) in [5.74, 6) is 0. The Morgan fingerprint density at radius 2 is 1.59 bits per heavy atom. The molecule has 0 amide bonds. The lowest BCUT2D eigenvalue weighted by atomic mass is 10.2. The molecule has 0 saturated carbocycles. The van der Waals surface area contributed by atoms with E-state index >= 15 is 0 Å². The summed E-state index contributed by atoms with van der Waals surface area (Å²) in [5, 5.41) is 10.6. The predicted octanol–water partition coefficient (Wildman–Crippen LogP) is 3.86. The van der Waals surface area contributed by atoms with Gasteiger partial charge in [0, 0.05) is 48.5 Å². The topological polar surface area (TPSA) is 37.2 Å². The Hall–Kier alpha value is -2.44. The summed E-state index contributed by atoms with van der Waals surface area (Å²) in [7, 11) is 0. The molecular weight excluding hydrogens is 354 g/mol. The summed E-state index contributed by atoms with van der Waals surface area (Å²) in [6.07, 6.45) is 1.09. The first-order valence-corrected chi connectivity index (χ1v) is 10.4. The molecule has 27 heavy (non-hydrogen) atoms. The lowest BCUT2D eigenvalue weighted by molar-refractivity contribution is 0.247. The monoisotopic (exact) mass is 377 g/mol. The second-order valence-electron chi connectivity index (χ2n) is 7.07. The van der Waals surface area contributed by atoms with Crippen LogP contribution in [-0.2, 0) is 6.54 Å². The van der Waals surface area contributed by atoms with Gasteiger partial charge in [0.05, 0.1) is 6.54 Å². The van der Waals surface area contributed by atoms with Crippen molar-refractivity contribution in [1.82, 2.24) is 19.9 Å². The number of hydrogen-bond donors (Lipinski definition) is 0. The van der Waals surface area contributed by atoms with Crippen molar-refractivity contribution in [2.24, 2.45) is 0 Å². The molecule has 6 heteroatoms. The van der Waals surface area contributed by atoms with Gasteiger partial charge in [0.25, 0.3) is 0 Å². The van der Waals surface area contributed by atoms with Crippen LogP contribution in [0.2, 0.25) is 0 Å². The highest BCUT2D eigenvalue weighted by molar-refractivity contribution is 7.25. The quantitative estimate of drug-likeness (QED) is 0.529. The lowest BCUT2D eigenvalue weighted by Crippen LogP contribution is -2.46. The molecule has 1 saturated heterocycles. The van der Waals surface area contributed by atoms with E-state index in [0.29, 0.717) is 0 Å². The Labute approximate surface area is 162 Å². The first-order chi connectivity index (χ1) is 13.4. The number of fused-ring (bicyclic) bond motifs is 3. The fourth-order valence-corrected chi connectivity index (χ4v) is 4.84. The lowest BCUT2D eigenvalue weighted by Gasteiger charge is -2.36. The van der Waals surface area contributed by atoms with Gasteiger partial charge in [0.1, 0.15) is 5.52 Å². The van der Waals surface area contributed by atoms with E-state index < -0.39 is 0 Å². The van der Waals surface area contributed by atoms with Crippen molar-refractivity contribution in [2.75, 3.05) is 37.6 Å². The van der Waals surface area contributed by atoms with Crippen molar-refractivity contribution in [3.63, 3.8) is 0 Å². The minimum Gasteiger partial charge on any atom is -0.369 e. The molecule has 0 unspecified atom stereocenters. The number of hydrogen-bond acceptors (Lipinski definition) is 5. The Morgan fingerprint density at radius 1 is 0.815 bits per heavy atom. The number of para-hydroxylation sites is 1. The number of nitrogens with zero attached hydrogens (tertiary/aromatic N) is 5. The molecule has 0 N–H and O–H groups in total. The van der Waals surface area contributed by atoms with Gasteiger partial charge in [-0.25, -0.2) is 0 Å². The minimum atomic E-state index is 0.884. The van der Waals surface area contributed by atoms with Crippen LogP contribution in [0, 0.1) is 0 Å². The van der Waals surface area contributed by atoms with Crippen LogP contribution < -0.4 is 4.90 Å². The third kappa shape index (κ3) is 3.42. The van der Waals surface area contributed by atoms with Crippen molar-refractivity contribution >= 4 is 37.5 Å². The number of rotatable bonds is 5. The van der Waals surface area contributed by atoms with Crippen LogP contribution in [0.3, 0.4) is 0 Å². The van der Waals surface area contributed by atoms with Gasteiger partial charge in [-0.15, -0.1) is 16.4 Å². The van der Waals surface area contributed by atoms with Crippen molar-refractivity contribution in [3.05, 3.63) is 54.6 Å². The molecule has 2 aromatic heterocycles. The van der Waals surface area contributed by atoms with E-state index in [1.165, 1.54) is 15.8 Å². The van der Waals surface area contributed by atoms with Crippen LogP contribution in [0.25, 0.3) is 20.4 Å². The largest absolute Gasteiger partial charge is 0.369 e. The Kier molecular flexibility index (Phi) is 4.51. The summed E-state index contributed by atoms with van der Waals surface area (Å²) in [6.45, 7) is 6.45. The van der Waals surface area contributed by atoms with Gasteiger partial charge in [-0.3, -0.25) is 4.90 Å². The number of piperazine rings is 1. The number of aryl methyl sites for hydroxylation is 1. The van der Waals surface area contributed by atoms with E-state index in [9.17, 15) is 0 Å². The Morgan fingerprint density at radius 3 is 2.44 bits per heavy atom. The number of thiophene rings is 1. The van der Waals surface area contributed by atoms with Crippen LogP contribution in [0.5, 0.6) is 0 Å². The smallest absolute Gasteiger partial charge is 0.167 e. The molecule has 4 aromatic rings. The molecule has 1 aliphatic rings. The molecule has 0 aliphatic carbocycles. The first-order valence-electron chi connectivity index (χ1n) is 9.61. The van der Waals surface area contributed by atoms with E-state index in [0.717, 1.165) is 56.0 Å². The van der Waals surface area contributed by atoms with Crippen molar-refractivity contribution < 1.29 is 0 Å². The molecule has 5 rings (SSSR count). The van der Waals surface area contributed by atoms with Gasteiger partial charge in [-0.05, 0) is 24.6 Å².